The summed E-state index contributed by atoms with van der Waals surface area (Å²) in [6.45, 7) is 5.69. The highest BCUT2D eigenvalue weighted by molar-refractivity contribution is 5.31. The summed E-state index contributed by atoms with van der Waals surface area (Å²) >= 11 is 0. The van der Waals surface area contributed by atoms with Gasteiger partial charge in [-0.25, -0.2) is 4.57 Å². The van der Waals surface area contributed by atoms with E-state index in [1.807, 2.05) is 0 Å². The van der Waals surface area contributed by atoms with Crippen LogP contribution >= 0.6 is 0 Å². The summed E-state index contributed by atoms with van der Waals surface area (Å²) in [6.07, 6.45) is 19.5. The monoisotopic (exact) mass is 341 g/mol. The second kappa shape index (κ2) is 11.9. The Morgan fingerprint density at radius 2 is 1.36 bits per heavy atom. The largest absolute Gasteiger partial charge is 0.261 e. The third-order valence-electron chi connectivity index (χ3n) is 5.11. The van der Waals surface area contributed by atoms with E-state index in [1.54, 1.807) is 0 Å². The SMILES string of the molecule is CCCCCCCCCCCC[n+]1ccn(-c2ccccc2)c1CC. The van der Waals surface area contributed by atoms with E-state index in [9.17, 15) is 0 Å². The van der Waals surface area contributed by atoms with Gasteiger partial charge in [0.2, 0.25) is 0 Å². The molecule has 25 heavy (non-hydrogen) atoms. The molecular formula is C23H37N2+. The fourth-order valence-corrected chi connectivity index (χ4v) is 3.63. The molecule has 1 heterocycles. The van der Waals surface area contributed by atoms with Crippen LogP contribution in [0.1, 0.15) is 83.9 Å². The molecule has 2 heteroatoms. The molecule has 0 spiro atoms. The van der Waals surface area contributed by atoms with Crippen molar-refractivity contribution in [3.8, 4) is 5.69 Å². The van der Waals surface area contributed by atoms with Crippen LogP contribution in [0.3, 0.4) is 0 Å². The van der Waals surface area contributed by atoms with Crippen molar-refractivity contribution in [3.05, 3.63) is 48.5 Å². The first-order chi connectivity index (χ1) is 12.4. The molecule has 0 aliphatic carbocycles. The molecule has 1 aromatic carbocycles. The lowest BCUT2D eigenvalue weighted by Gasteiger charge is -2.04. The van der Waals surface area contributed by atoms with Crippen molar-refractivity contribution in [1.82, 2.24) is 4.57 Å². The number of benzene rings is 1. The summed E-state index contributed by atoms with van der Waals surface area (Å²) in [4.78, 5) is 0. The number of hydrogen-bond acceptors (Lipinski definition) is 0. The Morgan fingerprint density at radius 1 is 0.760 bits per heavy atom. The second-order valence-electron chi connectivity index (χ2n) is 7.15. The topological polar surface area (TPSA) is 8.81 Å². The zero-order valence-electron chi connectivity index (χ0n) is 16.4. The van der Waals surface area contributed by atoms with Crippen LogP contribution in [-0.4, -0.2) is 4.57 Å². The van der Waals surface area contributed by atoms with Gasteiger partial charge in [0.15, 0.2) is 0 Å². The molecule has 0 N–H and O–H groups in total. The summed E-state index contributed by atoms with van der Waals surface area (Å²) < 4.78 is 4.77. The van der Waals surface area contributed by atoms with E-state index in [-0.39, 0.29) is 0 Å². The highest BCUT2D eigenvalue weighted by atomic mass is 15.1. The molecule has 0 saturated heterocycles. The Labute approximate surface area is 154 Å². The van der Waals surface area contributed by atoms with Crippen LogP contribution in [0.2, 0.25) is 0 Å². The zero-order valence-corrected chi connectivity index (χ0v) is 16.4. The molecule has 2 aromatic rings. The summed E-state index contributed by atoms with van der Waals surface area (Å²) in [7, 11) is 0. The van der Waals surface area contributed by atoms with Crippen molar-refractivity contribution in [2.45, 2.75) is 91.0 Å². The molecule has 0 radical (unpaired) electrons. The molecule has 138 valence electrons. The van der Waals surface area contributed by atoms with E-state index < -0.39 is 0 Å². The van der Waals surface area contributed by atoms with Crippen molar-refractivity contribution in [2.75, 3.05) is 0 Å². The van der Waals surface area contributed by atoms with Gasteiger partial charge in [-0.2, -0.15) is 4.57 Å². The van der Waals surface area contributed by atoms with E-state index in [1.165, 1.54) is 75.7 Å². The minimum absolute atomic E-state index is 1.07. The van der Waals surface area contributed by atoms with Gasteiger partial charge in [-0.3, -0.25) is 0 Å². The number of imidazole rings is 1. The fraction of sp³-hybridized carbons (Fsp3) is 0.609. The van der Waals surface area contributed by atoms with Gasteiger partial charge >= 0.3 is 0 Å². The molecule has 0 aliphatic heterocycles. The number of hydrogen-bond donors (Lipinski definition) is 0. The summed E-state index contributed by atoms with van der Waals surface area (Å²) in [6, 6.07) is 10.7. The molecule has 0 atom stereocenters. The molecule has 0 bridgehead atoms. The zero-order chi connectivity index (χ0) is 17.7. The van der Waals surface area contributed by atoms with Gasteiger partial charge in [-0.05, 0) is 25.0 Å². The van der Waals surface area contributed by atoms with Crippen molar-refractivity contribution >= 4 is 0 Å². The van der Waals surface area contributed by atoms with Gasteiger partial charge in [0.05, 0.1) is 6.54 Å². The maximum Gasteiger partial charge on any atom is 0.261 e. The molecule has 0 fully saturated rings. The Hall–Kier alpha value is -1.57. The summed E-state index contributed by atoms with van der Waals surface area (Å²) in [5.74, 6) is 1.40. The van der Waals surface area contributed by atoms with Gasteiger partial charge in [0.25, 0.3) is 5.82 Å². The maximum atomic E-state index is 2.44. The Morgan fingerprint density at radius 3 is 1.96 bits per heavy atom. The molecule has 0 unspecified atom stereocenters. The maximum absolute atomic E-state index is 2.44. The van der Waals surface area contributed by atoms with Crippen LogP contribution in [0.25, 0.3) is 5.69 Å². The minimum Gasteiger partial charge on any atom is -0.234 e. The molecular weight excluding hydrogens is 304 g/mol. The number of nitrogens with zero attached hydrogens (tertiary/aromatic N) is 2. The van der Waals surface area contributed by atoms with E-state index in [0.29, 0.717) is 0 Å². The van der Waals surface area contributed by atoms with Crippen molar-refractivity contribution in [1.29, 1.82) is 0 Å². The smallest absolute Gasteiger partial charge is 0.234 e. The Bertz CT molecular complexity index is 571. The highest BCUT2D eigenvalue weighted by Gasteiger charge is 2.16. The van der Waals surface area contributed by atoms with Crippen molar-refractivity contribution < 1.29 is 4.57 Å². The van der Waals surface area contributed by atoms with Crippen LogP contribution in [0.15, 0.2) is 42.7 Å². The number of unbranched alkanes of at least 4 members (excludes halogenated alkanes) is 9. The van der Waals surface area contributed by atoms with Crippen LogP contribution in [0, 0.1) is 0 Å². The first kappa shape index (κ1) is 19.8. The van der Waals surface area contributed by atoms with Gasteiger partial charge in [0, 0.05) is 6.42 Å². The molecule has 0 aliphatic rings. The minimum atomic E-state index is 1.07. The van der Waals surface area contributed by atoms with Crippen LogP contribution in [0.5, 0.6) is 0 Å². The molecule has 1 aromatic heterocycles. The lowest BCUT2D eigenvalue weighted by atomic mass is 10.1. The predicted octanol–water partition coefficient (Wildman–Crippen LogP) is 6.25. The van der Waals surface area contributed by atoms with Crippen molar-refractivity contribution in [3.63, 3.8) is 0 Å². The number of para-hydroxylation sites is 1. The van der Waals surface area contributed by atoms with Gasteiger partial charge in [-0.1, -0.05) is 83.4 Å². The summed E-state index contributed by atoms with van der Waals surface area (Å²) in [5, 5.41) is 0. The molecule has 2 rings (SSSR count). The van der Waals surface area contributed by atoms with E-state index >= 15 is 0 Å². The first-order valence-electron chi connectivity index (χ1n) is 10.5. The second-order valence-corrected chi connectivity index (χ2v) is 7.15. The van der Waals surface area contributed by atoms with Gasteiger partial charge < -0.3 is 0 Å². The van der Waals surface area contributed by atoms with Crippen LogP contribution < -0.4 is 4.57 Å². The number of rotatable bonds is 13. The lowest BCUT2D eigenvalue weighted by Crippen LogP contribution is -2.36. The third-order valence-corrected chi connectivity index (χ3v) is 5.11. The predicted molar refractivity (Wildman–Crippen MR) is 107 cm³/mol. The van der Waals surface area contributed by atoms with Gasteiger partial charge in [0.1, 0.15) is 18.1 Å². The Kier molecular flexibility index (Phi) is 9.40. The molecule has 0 saturated carbocycles. The normalized spacial score (nSPS) is 11.1. The average molecular weight is 342 g/mol. The lowest BCUT2D eigenvalue weighted by molar-refractivity contribution is -0.703. The molecule has 2 nitrogen and oxygen atoms in total. The van der Waals surface area contributed by atoms with E-state index in [0.717, 1.165) is 13.0 Å². The first-order valence-corrected chi connectivity index (χ1v) is 10.5. The quantitative estimate of drug-likeness (QED) is 0.301. The van der Waals surface area contributed by atoms with Gasteiger partial charge in [-0.15, -0.1) is 0 Å². The van der Waals surface area contributed by atoms with E-state index in [4.69, 9.17) is 0 Å². The van der Waals surface area contributed by atoms with Crippen molar-refractivity contribution in [2.24, 2.45) is 0 Å². The Balaban J connectivity index is 1.67. The fourth-order valence-electron chi connectivity index (χ4n) is 3.63. The van der Waals surface area contributed by atoms with E-state index in [2.05, 4.69) is 65.7 Å². The number of aryl methyl sites for hydroxylation is 1. The van der Waals surface area contributed by atoms with Crippen LogP contribution in [-0.2, 0) is 13.0 Å². The van der Waals surface area contributed by atoms with Crippen LogP contribution in [0.4, 0.5) is 0 Å². The number of aromatic nitrogens is 2. The highest BCUT2D eigenvalue weighted by Crippen LogP contribution is 2.12. The average Bonchev–Trinajstić information content (AvgIpc) is 3.07. The third kappa shape index (κ3) is 6.68. The standard InChI is InChI=1S/C23H37N2/c1-3-5-6-7-8-9-10-11-12-16-19-24-20-21-25(23(24)4-2)22-17-14-13-15-18-22/h13-15,17-18,20-21H,3-12,16,19H2,1-2H3/q+1. The molecule has 0 amide bonds. The summed E-state index contributed by atoms with van der Waals surface area (Å²) in [5.41, 5.74) is 1.26.